The van der Waals surface area contributed by atoms with Gasteiger partial charge in [-0.3, -0.25) is 9.59 Å². The van der Waals surface area contributed by atoms with E-state index in [2.05, 4.69) is 43.4 Å². The van der Waals surface area contributed by atoms with Crippen molar-refractivity contribution in [2.45, 2.75) is 52.1 Å². The van der Waals surface area contributed by atoms with Gasteiger partial charge < -0.3 is 10.2 Å². The first-order valence-electron chi connectivity index (χ1n) is 9.76. The molecule has 142 valence electrons. The van der Waals surface area contributed by atoms with Crippen LogP contribution in [-0.4, -0.2) is 24.3 Å². The van der Waals surface area contributed by atoms with Crippen LogP contribution < -0.4 is 10.2 Å². The van der Waals surface area contributed by atoms with Crippen LogP contribution in [0.2, 0.25) is 0 Å². The fourth-order valence-electron chi connectivity index (χ4n) is 3.35. The van der Waals surface area contributed by atoms with E-state index in [1.807, 2.05) is 6.07 Å². The number of nitrogens with one attached hydrogen (secondary N) is 2. The lowest BCUT2D eigenvalue weighted by Crippen LogP contribution is -3.13. The Balaban J connectivity index is 1.61. The van der Waals surface area contributed by atoms with Gasteiger partial charge in [0.25, 0.3) is 5.91 Å². The van der Waals surface area contributed by atoms with Crippen molar-refractivity contribution in [3.8, 4) is 0 Å². The lowest BCUT2D eigenvalue weighted by Gasteiger charge is -2.19. The zero-order valence-electron chi connectivity index (χ0n) is 16.4. The Labute approximate surface area is 161 Å². The summed E-state index contributed by atoms with van der Waals surface area (Å²) in [6.07, 6.45) is 2.37. The molecule has 1 fully saturated rings. The molecule has 1 amide bonds. The number of hydrogen-bond acceptors (Lipinski definition) is 2. The molecule has 0 bridgehead atoms. The highest BCUT2D eigenvalue weighted by Gasteiger charge is 2.34. The second kappa shape index (κ2) is 8.49. The highest BCUT2D eigenvalue weighted by molar-refractivity contribution is 5.97. The Morgan fingerprint density at radius 2 is 1.81 bits per heavy atom. The van der Waals surface area contributed by atoms with E-state index in [1.165, 1.54) is 35.8 Å². The minimum atomic E-state index is -0.00333. The van der Waals surface area contributed by atoms with Gasteiger partial charge in [0.2, 0.25) is 0 Å². The number of amides is 1. The third-order valence-electron chi connectivity index (χ3n) is 5.17. The van der Waals surface area contributed by atoms with Crippen LogP contribution >= 0.6 is 0 Å². The standard InChI is InChI=1S/C23H28N2O2/c1-16(2)19-9-7-18(8-10-19)14-25(22-11-12-22)15-23(27)24-21-6-4-5-20(13-21)17(3)26/h4-10,13,16,22H,11-12,14-15H2,1-3H3,(H,24,27)/p+1. The molecule has 0 saturated heterocycles. The molecule has 0 radical (unpaired) electrons. The van der Waals surface area contributed by atoms with Gasteiger partial charge >= 0.3 is 0 Å². The molecule has 1 atom stereocenters. The van der Waals surface area contributed by atoms with E-state index >= 15 is 0 Å². The third-order valence-corrected chi connectivity index (χ3v) is 5.17. The van der Waals surface area contributed by atoms with E-state index in [1.54, 1.807) is 18.2 Å². The largest absolute Gasteiger partial charge is 0.321 e. The van der Waals surface area contributed by atoms with Crippen LogP contribution in [0.4, 0.5) is 5.69 Å². The second-order valence-corrected chi connectivity index (χ2v) is 7.87. The number of carbonyl (C=O) groups is 2. The van der Waals surface area contributed by atoms with E-state index in [-0.39, 0.29) is 11.7 Å². The highest BCUT2D eigenvalue weighted by Crippen LogP contribution is 2.17. The van der Waals surface area contributed by atoms with Crippen molar-refractivity contribution in [1.82, 2.24) is 0 Å². The van der Waals surface area contributed by atoms with E-state index in [0.717, 1.165) is 6.54 Å². The van der Waals surface area contributed by atoms with Crippen LogP contribution in [0.3, 0.4) is 0 Å². The zero-order chi connectivity index (χ0) is 19.4. The summed E-state index contributed by atoms with van der Waals surface area (Å²) in [6.45, 7) is 7.24. The van der Waals surface area contributed by atoms with Crippen LogP contribution in [0.1, 0.15) is 61.0 Å². The molecule has 2 aromatic carbocycles. The van der Waals surface area contributed by atoms with Crippen molar-refractivity contribution in [2.75, 3.05) is 11.9 Å². The van der Waals surface area contributed by atoms with Crippen molar-refractivity contribution in [3.05, 3.63) is 65.2 Å². The van der Waals surface area contributed by atoms with Crippen LogP contribution in [0.15, 0.2) is 48.5 Å². The summed E-state index contributed by atoms with van der Waals surface area (Å²) >= 11 is 0. The zero-order valence-corrected chi connectivity index (χ0v) is 16.4. The lowest BCUT2D eigenvalue weighted by atomic mass is 10.0. The van der Waals surface area contributed by atoms with Crippen LogP contribution in [0.25, 0.3) is 0 Å². The highest BCUT2D eigenvalue weighted by atomic mass is 16.2. The van der Waals surface area contributed by atoms with E-state index < -0.39 is 0 Å². The monoisotopic (exact) mass is 365 g/mol. The maximum Gasteiger partial charge on any atom is 0.279 e. The maximum atomic E-state index is 12.6. The van der Waals surface area contributed by atoms with Crippen molar-refractivity contribution in [3.63, 3.8) is 0 Å². The van der Waals surface area contributed by atoms with Crippen LogP contribution in [0.5, 0.6) is 0 Å². The molecule has 3 rings (SSSR count). The number of anilines is 1. The Morgan fingerprint density at radius 3 is 2.41 bits per heavy atom. The van der Waals surface area contributed by atoms with E-state index in [4.69, 9.17) is 0 Å². The Bertz CT molecular complexity index is 807. The number of ketones is 1. The number of hydrogen-bond donors (Lipinski definition) is 2. The van der Waals surface area contributed by atoms with Crippen molar-refractivity contribution >= 4 is 17.4 Å². The summed E-state index contributed by atoms with van der Waals surface area (Å²) in [7, 11) is 0. The molecule has 1 saturated carbocycles. The molecule has 1 aliphatic rings. The molecule has 0 spiro atoms. The Kier molecular flexibility index (Phi) is 6.07. The molecule has 2 N–H and O–H groups in total. The summed E-state index contributed by atoms with van der Waals surface area (Å²) in [4.78, 5) is 25.4. The molecular formula is C23H29N2O2+. The van der Waals surface area contributed by atoms with Crippen LogP contribution in [0, 0.1) is 0 Å². The summed E-state index contributed by atoms with van der Waals surface area (Å²) < 4.78 is 0. The van der Waals surface area contributed by atoms with Gasteiger partial charge in [0.1, 0.15) is 6.54 Å². The van der Waals surface area contributed by atoms with Gasteiger partial charge in [0, 0.05) is 29.7 Å². The van der Waals surface area contributed by atoms with Crippen molar-refractivity contribution in [2.24, 2.45) is 0 Å². The average molecular weight is 365 g/mol. The molecule has 0 heterocycles. The van der Waals surface area contributed by atoms with E-state index in [0.29, 0.717) is 29.8 Å². The van der Waals surface area contributed by atoms with Gasteiger partial charge in [0.05, 0.1) is 6.04 Å². The predicted octanol–water partition coefficient (Wildman–Crippen LogP) is 3.20. The van der Waals surface area contributed by atoms with E-state index in [9.17, 15) is 9.59 Å². The first kappa shape index (κ1) is 19.3. The maximum absolute atomic E-state index is 12.6. The van der Waals surface area contributed by atoms with Crippen LogP contribution in [-0.2, 0) is 11.3 Å². The molecule has 4 nitrogen and oxygen atoms in total. The second-order valence-electron chi connectivity index (χ2n) is 7.87. The molecule has 2 aromatic rings. The number of Topliss-reactive ketones (excluding diaryl/α,β-unsaturated/α-hetero) is 1. The molecule has 4 heteroatoms. The number of quaternary nitrogens is 1. The number of benzene rings is 2. The number of carbonyl (C=O) groups excluding carboxylic acids is 2. The first-order chi connectivity index (χ1) is 12.9. The SMILES string of the molecule is CC(=O)c1cccc(NC(=O)C[NH+](Cc2ccc(C(C)C)cc2)C2CC2)c1. The predicted molar refractivity (Wildman–Crippen MR) is 108 cm³/mol. The smallest absolute Gasteiger partial charge is 0.279 e. The van der Waals surface area contributed by atoms with Crippen molar-refractivity contribution < 1.29 is 14.5 Å². The summed E-state index contributed by atoms with van der Waals surface area (Å²) in [5.41, 5.74) is 3.91. The lowest BCUT2D eigenvalue weighted by molar-refractivity contribution is -0.916. The van der Waals surface area contributed by atoms with Gasteiger partial charge in [-0.25, -0.2) is 0 Å². The summed E-state index contributed by atoms with van der Waals surface area (Å²) in [5.74, 6) is 0.528. The normalized spacial score (nSPS) is 14.8. The molecule has 1 aliphatic carbocycles. The Morgan fingerprint density at radius 1 is 1.11 bits per heavy atom. The van der Waals surface area contributed by atoms with Gasteiger partial charge in [-0.15, -0.1) is 0 Å². The molecular weight excluding hydrogens is 336 g/mol. The van der Waals surface area contributed by atoms with Gasteiger partial charge in [-0.2, -0.15) is 0 Å². The fourth-order valence-corrected chi connectivity index (χ4v) is 3.35. The average Bonchev–Trinajstić information content (AvgIpc) is 3.47. The van der Waals surface area contributed by atoms with Crippen molar-refractivity contribution in [1.29, 1.82) is 0 Å². The first-order valence-corrected chi connectivity index (χ1v) is 9.76. The minimum absolute atomic E-state index is 0.00109. The summed E-state index contributed by atoms with van der Waals surface area (Å²) in [6, 6.07) is 16.5. The fraction of sp³-hybridized carbons (Fsp3) is 0.391. The minimum Gasteiger partial charge on any atom is -0.321 e. The number of rotatable bonds is 8. The van der Waals surface area contributed by atoms with Gasteiger partial charge in [0.15, 0.2) is 12.3 Å². The van der Waals surface area contributed by atoms with Gasteiger partial charge in [-0.05, 0) is 30.5 Å². The quantitative estimate of drug-likeness (QED) is 0.706. The molecule has 1 unspecified atom stereocenters. The molecule has 0 aromatic heterocycles. The Hall–Kier alpha value is -2.46. The molecule has 27 heavy (non-hydrogen) atoms. The topological polar surface area (TPSA) is 50.6 Å². The summed E-state index contributed by atoms with van der Waals surface area (Å²) in [5, 5.41) is 2.95. The molecule has 0 aliphatic heterocycles. The third kappa shape index (κ3) is 5.51. The van der Waals surface area contributed by atoms with Gasteiger partial charge in [-0.1, -0.05) is 50.2 Å².